The van der Waals surface area contributed by atoms with Crippen molar-refractivity contribution in [2.45, 2.75) is 40.3 Å². The fourth-order valence-electron chi connectivity index (χ4n) is 4.63. The first-order valence-electron chi connectivity index (χ1n) is 10.9. The van der Waals surface area contributed by atoms with Gasteiger partial charge in [-0.1, -0.05) is 35.9 Å². The van der Waals surface area contributed by atoms with Gasteiger partial charge in [0.2, 0.25) is 5.95 Å². The number of hydrogen-bond acceptors (Lipinski definition) is 4. The van der Waals surface area contributed by atoms with E-state index in [4.69, 9.17) is 4.98 Å². The van der Waals surface area contributed by atoms with E-state index in [9.17, 15) is 9.59 Å². The molecule has 0 amide bonds. The maximum absolute atomic E-state index is 13.5. The summed E-state index contributed by atoms with van der Waals surface area (Å²) in [6, 6.07) is 14.3. The molecule has 0 saturated carbocycles. The van der Waals surface area contributed by atoms with Gasteiger partial charge in [0.1, 0.15) is 0 Å². The van der Waals surface area contributed by atoms with Crippen LogP contribution in [0.3, 0.4) is 0 Å². The highest BCUT2D eigenvalue weighted by molar-refractivity contribution is 5.77. The van der Waals surface area contributed by atoms with Gasteiger partial charge in [0.25, 0.3) is 5.56 Å². The van der Waals surface area contributed by atoms with E-state index in [1.165, 1.54) is 20.3 Å². The van der Waals surface area contributed by atoms with E-state index in [1.54, 1.807) is 7.05 Å². The monoisotopic (exact) mass is 429 g/mol. The van der Waals surface area contributed by atoms with Gasteiger partial charge in [-0.05, 0) is 56.0 Å². The maximum atomic E-state index is 13.5. The van der Waals surface area contributed by atoms with Gasteiger partial charge < -0.3 is 9.47 Å². The zero-order valence-electron chi connectivity index (χ0n) is 18.9. The van der Waals surface area contributed by atoms with E-state index in [0.29, 0.717) is 17.7 Å². The third-order valence-corrected chi connectivity index (χ3v) is 6.20. The molecule has 0 N–H and O–H groups in total. The molecule has 0 atom stereocenters. The van der Waals surface area contributed by atoms with Crippen molar-refractivity contribution in [3.63, 3.8) is 0 Å². The minimum atomic E-state index is -0.350. The van der Waals surface area contributed by atoms with Gasteiger partial charge in [0.15, 0.2) is 11.2 Å². The van der Waals surface area contributed by atoms with Crippen LogP contribution in [0, 0.1) is 20.8 Å². The van der Waals surface area contributed by atoms with Gasteiger partial charge in [-0.25, -0.2) is 4.79 Å². The number of rotatable bonds is 3. The number of imidazole rings is 1. The Morgan fingerprint density at radius 2 is 1.59 bits per heavy atom. The van der Waals surface area contributed by atoms with Crippen LogP contribution < -0.4 is 16.1 Å². The number of aryl methyl sites for hydroxylation is 5. The average Bonchev–Trinajstić information content (AvgIpc) is 3.16. The first kappa shape index (κ1) is 20.3. The molecule has 1 aliphatic heterocycles. The van der Waals surface area contributed by atoms with Crippen molar-refractivity contribution in [1.82, 2.24) is 18.7 Å². The van der Waals surface area contributed by atoms with Crippen LogP contribution in [0.25, 0.3) is 11.2 Å². The lowest BCUT2D eigenvalue weighted by molar-refractivity contribution is 0.597. The average molecular weight is 430 g/mol. The van der Waals surface area contributed by atoms with E-state index in [1.807, 2.05) is 35.8 Å². The van der Waals surface area contributed by atoms with Crippen molar-refractivity contribution in [1.29, 1.82) is 0 Å². The predicted octanol–water partition coefficient (Wildman–Crippen LogP) is 3.41. The lowest BCUT2D eigenvalue weighted by Gasteiger charge is -2.29. The number of anilines is 2. The molecule has 2 aromatic carbocycles. The van der Waals surface area contributed by atoms with Crippen LogP contribution in [0.15, 0.2) is 52.1 Å². The molecule has 0 bridgehead atoms. The highest BCUT2D eigenvalue weighted by Crippen LogP contribution is 2.32. The minimum Gasteiger partial charge on any atom is -0.312 e. The summed E-state index contributed by atoms with van der Waals surface area (Å²) in [5.74, 6) is 0.719. The Labute approximate surface area is 186 Å². The van der Waals surface area contributed by atoms with Gasteiger partial charge in [0, 0.05) is 25.8 Å². The molecule has 164 valence electrons. The van der Waals surface area contributed by atoms with E-state index in [-0.39, 0.29) is 17.8 Å². The highest BCUT2D eigenvalue weighted by Gasteiger charge is 2.27. The molecule has 0 fully saturated rings. The molecule has 1 aliphatic rings. The summed E-state index contributed by atoms with van der Waals surface area (Å²) < 4.78 is 4.79. The molecule has 3 heterocycles. The van der Waals surface area contributed by atoms with Crippen LogP contribution >= 0.6 is 0 Å². The Bertz CT molecular complexity index is 1440. The zero-order chi connectivity index (χ0) is 22.6. The standard InChI is InChI=1S/C25H27N5O2/c1-16-6-8-19(9-7-16)15-30-23(31)21-22(27(4)25(30)32)26-24-28(10-5-11-29(21)24)20-13-17(2)12-18(3)14-20/h6-9,12-14H,5,10-11,15H2,1-4H3. The Balaban J connectivity index is 1.70. The van der Waals surface area contributed by atoms with Crippen LogP contribution in [0.4, 0.5) is 11.6 Å². The van der Waals surface area contributed by atoms with Gasteiger partial charge in [-0.15, -0.1) is 0 Å². The van der Waals surface area contributed by atoms with Crippen molar-refractivity contribution in [3.05, 3.63) is 85.6 Å². The lowest BCUT2D eigenvalue weighted by atomic mass is 10.1. The van der Waals surface area contributed by atoms with Gasteiger partial charge in [-0.2, -0.15) is 4.98 Å². The third kappa shape index (κ3) is 3.25. The van der Waals surface area contributed by atoms with Gasteiger partial charge in [0.05, 0.1) is 6.54 Å². The second-order valence-electron chi connectivity index (χ2n) is 8.81. The predicted molar refractivity (Wildman–Crippen MR) is 127 cm³/mol. The molecule has 4 aromatic rings. The Kier molecular flexibility index (Phi) is 4.77. The molecule has 32 heavy (non-hydrogen) atoms. The quantitative estimate of drug-likeness (QED) is 0.501. The van der Waals surface area contributed by atoms with Crippen LogP contribution in [0.1, 0.15) is 28.7 Å². The van der Waals surface area contributed by atoms with Crippen molar-refractivity contribution < 1.29 is 0 Å². The topological polar surface area (TPSA) is 65.1 Å². The van der Waals surface area contributed by atoms with Crippen molar-refractivity contribution >= 4 is 22.8 Å². The fraction of sp³-hybridized carbons (Fsp3) is 0.320. The van der Waals surface area contributed by atoms with E-state index in [0.717, 1.165) is 35.7 Å². The van der Waals surface area contributed by atoms with E-state index in [2.05, 4.69) is 36.9 Å². The normalized spacial score (nSPS) is 13.6. The molecule has 0 spiro atoms. The SMILES string of the molecule is Cc1ccc(Cn2c(=O)c3c(nc4n3CCCN4c3cc(C)cc(C)c3)n(C)c2=O)cc1. The maximum Gasteiger partial charge on any atom is 0.332 e. The second-order valence-corrected chi connectivity index (χ2v) is 8.81. The number of nitrogens with zero attached hydrogens (tertiary/aromatic N) is 5. The number of benzene rings is 2. The first-order valence-corrected chi connectivity index (χ1v) is 10.9. The highest BCUT2D eigenvalue weighted by atomic mass is 16.2. The smallest absolute Gasteiger partial charge is 0.312 e. The molecule has 0 saturated heterocycles. The van der Waals surface area contributed by atoms with E-state index < -0.39 is 0 Å². The summed E-state index contributed by atoms with van der Waals surface area (Å²) in [5.41, 5.74) is 5.77. The summed E-state index contributed by atoms with van der Waals surface area (Å²) in [6.07, 6.45) is 0.895. The molecule has 5 rings (SSSR count). The largest absolute Gasteiger partial charge is 0.332 e. The van der Waals surface area contributed by atoms with E-state index >= 15 is 0 Å². The summed E-state index contributed by atoms with van der Waals surface area (Å²) in [4.78, 5) is 33.6. The van der Waals surface area contributed by atoms with Crippen LogP contribution in [0.2, 0.25) is 0 Å². The Hall–Kier alpha value is -3.61. The number of hydrogen-bond donors (Lipinski definition) is 0. The molecule has 7 heteroatoms. The molecule has 7 nitrogen and oxygen atoms in total. The summed E-state index contributed by atoms with van der Waals surface area (Å²) in [7, 11) is 1.69. The molecule has 0 radical (unpaired) electrons. The van der Waals surface area contributed by atoms with Crippen LogP contribution in [0.5, 0.6) is 0 Å². The van der Waals surface area contributed by atoms with Crippen molar-refractivity contribution in [2.75, 3.05) is 11.4 Å². The first-order chi connectivity index (χ1) is 15.3. The fourth-order valence-corrected chi connectivity index (χ4v) is 4.63. The number of fused-ring (bicyclic) bond motifs is 3. The van der Waals surface area contributed by atoms with Crippen LogP contribution in [-0.2, 0) is 20.1 Å². The number of aromatic nitrogens is 4. The molecule has 0 unspecified atom stereocenters. The van der Waals surface area contributed by atoms with Crippen molar-refractivity contribution in [2.24, 2.45) is 7.05 Å². The summed E-state index contributed by atoms with van der Waals surface area (Å²) >= 11 is 0. The Morgan fingerprint density at radius 1 is 0.906 bits per heavy atom. The lowest BCUT2D eigenvalue weighted by Crippen LogP contribution is -2.40. The van der Waals surface area contributed by atoms with Crippen LogP contribution in [-0.4, -0.2) is 25.2 Å². The minimum absolute atomic E-state index is 0.239. The zero-order valence-corrected chi connectivity index (χ0v) is 18.9. The van der Waals surface area contributed by atoms with Gasteiger partial charge >= 0.3 is 5.69 Å². The second kappa shape index (κ2) is 7.51. The molecular formula is C25H27N5O2. The molecule has 2 aromatic heterocycles. The third-order valence-electron chi connectivity index (χ3n) is 6.20. The molecule has 0 aliphatic carbocycles. The summed E-state index contributed by atoms with van der Waals surface area (Å²) in [6.45, 7) is 7.93. The Morgan fingerprint density at radius 3 is 2.28 bits per heavy atom. The van der Waals surface area contributed by atoms with Crippen molar-refractivity contribution in [3.8, 4) is 0 Å². The molecular weight excluding hydrogens is 402 g/mol. The van der Waals surface area contributed by atoms with Gasteiger partial charge in [-0.3, -0.25) is 13.9 Å². The summed E-state index contributed by atoms with van der Waals surface area (Å²) in [5, 5.41) is 0.